The second kappa shape index (κ2) is 2.94. The first-order valence-corrected chi connectivity index (χ1v) is 5.08. The van der Waals surface area contributed by atoms with Crippen molar-refractivity contribution in [3.05, 3.63) is 0 Å². The number of aliphatic hydroxyl groups excluding tert-OH is 1. The smallest absolute Gasteiger partial charge is 0.0680 e. The largest absolute Gasteiger partial charge is 0.394 e. The summed E-state index contributed by atoms with van der Waals surface area (Å²) in [7, 11) is 0. The Bertz CT molecular complexity index is 201. The maximum Gasteiger partial charge on any atom is 0.0680 e. The first-order chi connectivity index (χ1) is 6.05. The maximum atomic E-state index is 9.38. The lowest BCUT2D eigenvalue weighted by Gasteiger charge is -2.27. The van der Waals surface area contributed by atoms with Crippen LogP contribution in [0.15, 0.2) is 0 Å². The molecule has 2 N–H and O–H groups in total. The number of hydrogen-bond donors (Lipinski definition) is 2. The Hall–Kier alpha value is -0.120. The summed E-state index contributed by atoms with van der Waals surface area (Å²) < 4.78 is 5.65. The second-order valence-electron chi connectivity index (χ2n) is 5.08. The van der Waals surface area contributed by atoms with Crippen LogP contribution in [-0.4, -0.2) is 35.5 Å². The molecule has 1 unspecified atom stereocenters. The molecule has 13 heavy (non-hydrogen) atoms. The van der Waals surface area contributed by atoms with E-state index in [1.165, 1.54) is 12.8 Å². The molecule has 3 heteroatoms. The van der Waals surface area contributed by atoms with Crippen molar-refractivity contribution in [1.29, 1.82) is 0 Å². The average molecular weight is 185 g/mol. The molecule has 2 rings (SSSR count). The van der Waals surface area contributed by atoms with E-state index in [-0.39, 0.29) is 17.7 Å². The zero-order chi connectivity index (χ0) is 9.53. The lowest BCUT2D eigenvalue weighted by molar-refractivity contribution is 0.0304. The molecule has 3 nitrogen and oxygen atoms in total. The summed E-state index contributed by atoms with van der Waals surface area (Å²) in [6.07, 6.45) is 3.41. The Labute approximate surface area is 79.5 Å². The van der Waals surface area contributed by atoms with Gasteiger partial charge in [-0.1, -0.05) is 0 Å². The minimum absolute atomic E-state index is 0.0787. The zero-order valence-corrected chi connectivity index (χ0v) is 8.47. The Balaban J connectivity index is 1.99. The Morgan fingerprint density at radius 3 is 2.54 bits per heavy atom. The van der Waals surface area contributed by atoms with Gasteiger partial charge in [0.2, 0.25) is 0 Å². The lowest BCUT2D eigenvalue weighted by Crippen LogP contribution is -2.50. The van der Waals surface area contributed by atoms with E-state index in [0.717, 1.165) is 6.42 Å². The quantitative estimate of drug-likeness (QED) is 0.679. The highest BCUT2D eigenvalue weighted by atomic mass is 16.5. The van der Waals surface area contributed by atoms with Gasteiger partial charge in [-0.3, -0.25) is 0 Å². The van der Waals surface area contributed by atoms with Crippen LogP contribution in [0.5, 0.6) is 0 Å². The zero-order valence-electron chi connectivity index (χ0n) is 8.47. The molecule has 2 aliphatic rings. The van der Waals surface area contributed by atoms with Gasteiger partial charge in [0, 0.05) is 6.04 Å². The van der Waals surface area contributed by atoms with E-state index in [1.54, 1.807) is 0 Å². The number of nitrogens with one attached hydrogen (secondary N) is 1. The van der Waals surface area contributed by atoms with Crippen LogP contribution in [0.25, 0.3) is 0 Å². The lowest BCUT2D eigenvalue weighted by atomic mass is 9.91. The second-order valence-corrected chi connectivity index (χ2v) is 5.08. The molecule has 0 bridgehead atoms. The molecule has 76 valence electrons. The molecule has 0 aromatic heterocycles. The van der Waals surface area contributed by atoms with Crippen LogP contribution < -0.4 is 5.32 Å². The van der Waals surface area contributed by atoms with E-state index in [2.05, 4.69) is 19.2 Å². The van der Waals surface area contributed by atoms with Gasteiger partial charge in [0.15, 0.2) is 0 Å². The highest BCUT2D eigenvalue weighted by molar-refractivity contribution is 5.02. The fourth-order valence-corrected chi connectivity index (χ4v) is 2.15. The molecule has 1 saturated heterocycles. The van der Waals surface area contributed by atoms with E-state index < -0.39 is 0 Å². The summed E-state index contributed by atoms with van der Waals surface area (Å²) in [4.78, 5) is 0. The number of ether oxygens (including phenoxy) is 1. The molecule has 0 spiro atoms. The van der Waals surface area contributed by atoms with Crippen LogP contribution in [0.1, 0.15) is 33.1 Å². The summed E-state index contributed by atoms with van der Waals surface area (Å²) in [5.41, 5.74) is -0.241. The predicted octanol–water partition coefficient (Wildman–Crippen LogP) is 0.668. The fourth-order valence-electron chi connectivity index (χ4n) is 2.15. The van der Waals surface area contributed by atoms with Gasteiger partial charge in [0.25, 0.3) is 0 Å². The van der Waals surface area contributed by atoms with Gasteiger partial charge >= 0.3 is 0 Å². The van der Waals surface area contributed by atoms with Crippen LogP contribution in [0, 0.1) is 0 Å². The van der Waals surface area contributed by atoms with Crippen molar-refractivity contribution in [2.45, 2.75) is 50.3 Å². The van der Waals surface area contributed by atoms with E-state index >= 15 is 0 Å². The third-order valence-corrected chi connectivity index (χ3v) is 2.89. The Morgan fingerprint density at radius 2 is 2.15 bits per heavy atom. The van der Waals surface area contributed by atoms with E-state index in [0.29, 0.717) is 12.6 Å². The summed E-state index contributed by atoms with van der Waals surface area (Å²) >= 11 is 0. The van der Waals surface area contributed by atoms with E-state index in [1.807, 2.05) is 0 Å². The molecule has 1 heterocycles. The summed E-state index contributed by atoms with van der Waals surface area (Å²) in [5, 5.41) is 12.9. The SMILES string of the molecule is CC1(C)CC(CO)(NC2CC2)CO1. The van der Waals surface area contributed by atoms with Crippen molar-refractivity contribution >= 4 is 0 Å². The molecule has 2 fully saturated rings. The van der Waals surface area contributed by atoms with Gasteiger partial charge in [0.1, 0.15) is 0 Å². The Kier molecular flexibility index (Phi) is 2.13. The molecule has 0 aromatic rings. The molecule has 1 saturated carbocycles. The van der Waals surface area contributed by atoms with Crippen LogP contribution in [0.3, 0.4) is 0 Å². The van der Waals surface area contributed by atoms with Crippen molar-refractivity contribution in [1.82, 2.24) is 5.32 Å². The molecule has 0 radical (unpaired) electrons. The first kappa shape index (κ1) is 9.44. The van der Waals surface area contributed by atoms with Crippen molar-refractivity contribution in [2.75, 3.05) is 13.2 Å². The van der Waals surface area contributed by atoms with Crippen molar-refractivity contribution in [3.63, 3.8) is 0 Å². The topological polar surface area (TPSA) is 41.5 Å². The first-order valence-electron chi connectivity index (χ1n) is 5.08. The minimum Gasteiger partial charge on any atom is -0.394 e. The van der Waals surface area contributed by atoms with Crippen LogP contribution in [0.4, 0.5) is 0 Å². The van der Waals surface area contributed by atoms with Crippen LogP contribution in [0.2, 0.25) is 0 Å². The molecular weight excluding hydrogens is 166 g/mol. The normalized spacial score (nSPS) is 38.1. The highest BCUT2D eigenvalue weighted by Gasteiger charge is 2.46. The third-order valence-electron chi connectivity index (χ3n) is 2.89. The fraction of sp³-hybridized carbons (Fsp3) is 1.00. The van der Waals surface area contributed by atoms with Crippen LogP contribution >= 0.6 is 0 Å². The number of hydrogen-bond acceptors (Lipinski definition) is 3. The Morgan fingerprint density at radius 1 is 1.46 bits per heavy atom. The highest BCUT2D eigenvalue weighted by Crippen LogP contribution is 2.35. The van der Waals surface area contributed by atoms with E-state index in [9.17, 15) is 5.11 Å². The molecular formula is C10H19NO2. The van der Waals surface area contributed by atoms with Gasteiger partial charge in [-0.15, -0.1) is 0 Å². The molecule has 1 aliphatic carbocycles. The molecule has 0 aromatic carbocycles. The molecule has 1 aliphatic heterocycles. The van der Waals surface area contributed by atoms with E-state index in [4.69, 9.17) is 4.74 Å². The summed E-state index contributed by atoms with van der Waals surface area (Å²) in [6, 6.07) is 0.629. The van der Waals surface area contributed by atoms with Crippen molar-refractivity contribution < 1.29 is 9.84 Å². The van der Waals surface area contributed by atoms with Gasteiger partial charge in [-0.05, 0) is 33.1 Å². The number of rotatable bonds is 3. The van der Waals surface area contributed by atoms with Gasteiger partial charge in [0.05, 0.1) is 24.4 Å². The monoisotopic (exact) mass is 185 g/mol. The molecule has 1 atom stereocenters. The standard InChI is InChI=1S/C10H19NO2/c1-9(2)5-10(6-12,7-13-9)11-8-3-4-8/h8,11-12H,3-7H2,1-2H3. The van der Waals surface area contributed by atoms with Gasteiger partial charge in [-0.2, -0.15) is 0 Å². The predicted molar refractivity (Wildman–Crippen MR) is 50.6 cm³/mol. The average Bonchev–Trinajstić information content (AvgIpc) is 2.78. The third kappa shape index (κ3) is 2.03. The maximum absolute atomic E-state index is 9.38. The molecule has 0 amide bonds. The van der Waals surface area contributed by atoms with Gasteiger partial charge in [-0.25, -0.2) is 0 Å². The van der Waals surface area contributed by atoms with Crippen molar-refractivity contribution in [3.8, 4) is 0 Å². The van der Waals surface area contributed by atoms with Crippen molar-refractivity contribution in [2.24, 2.45) is 0 Å². The minimum atomic E-state index is -0.162. The summed E-state index contributed by atoms with van der Waals surface area (Å²) in [6.45, 7) is 5.00. The van der Waals surface area contributed by atoms with Crippen LogP contribution in [-0.2, 0) is 4.74 Å². The summed E-state index contributed by atoms with van der Waals surface area (Å²) in [5.74, 6) is 0. The van der Waals surface area contributed by atoms with Gasteiger partial charge < -0.3 is 15.2 Å². The number of aliphatic hydroxyl groups is 1.